The molecule has 0 amide bonds. The van der Waals surface area contributed by atoms with E-state index in [1.807, 2.05) is 12.1 Å². The summed E-state index contributed by atoms with van der Waals surface area (Å²) in [5.41, 5.74) is 1.17. The van der Waals surface area contributed by atoms with Crippen molar-refractivity contribution in [1.29, 1.82) is 0 Å². The highest BCUT2D eigenvalue weighted by Crippen LogP contribution is 2.37. The minimum absolute atomic E-state index is 0.333. The van der Waals surface area contributed by atoms with Gasteiger partial charge in [0.15, 0.2) is 0 Å². The van der Waals surface area contributed by atoms with Crippen LogP contribution in [0, 0.1) is 0 Å². The average Bonchev–Trinajstić information content (AvgIpc) is 2.42. The maximum Gasteiger partial charge on any atom is 0.123 e. The standard InChI is InChI=1S/C15H23BrO2/c1-4-5-6-7-8-14(16)13-11-12(17-2)9-10-15(13)18-3/h9-11,14H,4-8H2,1-3H3. The highest BCUT2D eigenvalue weighted by atomic mass is 79.9. The van der Waals surface area contributed by atoms with Gasteiger partial charge in [0.25, 0.3) is 0 Å². The molecule has 1 atom stereocenters. The van der Waals surface area contributed by atoms with Gasteiger partial charge in [0.1, 0.15) is 11.5 Å². The van der Waals surface area contributed by atoms with Gasteiger partial charge >= 0.3 is 0 Å². The Morgan fingerprint density at radius 2 is 1.89 bits per heavy atom. The SMILES string of the molecule is CCCCCCC(Br)c1cc(OC)ccc1OC. The zero-order chi connectivity index (χ0) is 13.4. The van der Waals surface area contributed by atoms with Crippen LogP contribution in [0.15, 0.2) is 18.2 Å². The van der Waals surface area contributed by atoms with Crippen LogP contribution in [0.5, 0.6) is 11.5 Å². The molecule has 2 nitrogen and oxygen atoms in total. The van der Waals surface area contributed by atoms with Gasteiger partial charge in [0.2, 0.25) is 0 Å². The van der Waals surface area contributed by atoms with Crippen molar-refractivity contribution >= 4 is 15.9 Å². The summed E-state index contributed by atoms with van der Waals surface area (Å²) in [6.45, 7) is 2.23. The molecular weight excluding hydrogens is 292 g/mol. The second-order valence-corrected chi connectivity index (χ2v) is 5.53. The molecule has 0 fully saturated rings. The van der Waals surface area contributed by atoms with Gasteiger partial charge < -0.3 is 9.47 Å². The Bertz CT molecular complexity index is 352. The Balaban J connectivity index is 2.66. The van der Waals surface area contributed by atoms with Crippen LogP contribution in [-0.4, -0.2) is 14.2 Å². The molecule has 0 aliphatic carbocycles. The van der Waals surface area contributed by atoms with Gasteiger partial charge in [0.05, 0.1) is 14.2 Å². The van der Waals surface area contributed by atoms with E-state index in [1.54, 1.807) is 14.2 Å². The summed E-state index contributed by atoms with van der Waals surface area (Å²) < 4.78 is 10.7. The van der Waals surface area contributed by atoms with E-state index < -0.39 is 0 Å². The topological polar surface area (TPSA) is 18.5 Å². The average molecular weight is 315 g/mol. The first kappa shape index (κ1) is 15.4. The largest absolute Gasteiger partial charge is 0.497 e. The minimum atomic E-state index is 0.333. The molecule has 0 aliphatic heterocycles. The number of ether oxygens (including phenoxy) is 2. The second kappa shape index (κ2) is 8.41. The first-order chi connectivity index (χ1) is 8.72. The van der Waals surface area contributed by atoms with E-state index in [1.165, 1.54) is 31.2 Å². The lowest BCUT2D eigenvalue weighted by Gasteiger charge is -2.15. The second-order valence-electron chi connectivity index (χ2n) is 4.42. The van der Waals surface area contributed by atoms with Crippen LogP contribution in [-0.2, 0) is 0 Å². The Kier molecular flexibility index (Phi) is 7.18. The first-order valence-corrected chi connectivity index (χ1v) is 7.50. The van der Waals surface area contributed by atoms with Gasteiger partial charge in [-0.3, -0.25) is 0 Å². The third-order valence-electron chi connectivity index (χ3n) is 3.09. The Morgan fingerprint density at radius 3 is 2.50 bits per heavy atom. The van der Waals surface area contributed by atoms with Crippen molar-refractivity contribution in [3.05, 3.63) is 23.8 Å². The van der Waals surface area contributed by atoms with E-state index >= 15 is 0 Å². The summed E-state index contributed by atoms with van der Waals surface area (Å²) in [7, 11) is 3.40. The molecule has 0 saturated heterocycles. The summed E-state index contributed by atoms with van der Waals surface area (Å²) in [4.78, 5) is 0.333. The Morgan fingerprint density at radius 1 is 1.11 bits per heavy atom. The van der Waals surface area contributed by atoms with Crippen LogP contribution in [0.25, 0.3) is 0 Å². The molecule has 0 aromatic heterocycles. The highest BCUT2D eigenvalue weighted by Gasteiger charge is 2.13. The lowest BCUT2D eigenvalue weighted by molar-refractivity contribution is 0.398. The minimum Gasteiger partial charge on any atom is -0.497 e. The van der Waals surface area contributed by atoms with E-state index in [0.29, 0.717) is 4.83 Å². The first-order valence-electron chi connectivity index (χ1n) is 6.59. The third kappa shape index (κ3) is 4.52. The molecule has 1 unspecified atom stereocenters. The molecule has 1 aromatic rings. The van der Waals surface area contributed by atoms with E-state index in [2.05, 4.69) is 28.9 Å². The molecule has 0 heterocycles. The molecule has 0 saturated carbocycles. The van der Waals surface area contributed by atoms with E-state index in [-0.39, 0.29) is 0 Å². The third-order valence-corrected chi connectivity index (χ3v) is 4.04. The van der Waals surface area contributed by atoms with Crippen molar-refractivity contribution in [1.82, 2.24) is 0 Å². The Hall–Kier alpha value is -0.700. The van der Waals surface area contributed by atoms with Crippen molar-refractivity contribution in [3.8, 4) is 11.5 Å². The number of unbranched alkanes of at least 4 members (excludes halogenated alkanes) is 3. The highest BCUT2D eigenvalue weighted by molar-refractivity contribution is 9.09. The zero-order valence-electron chi connectivity index (χ0n) is 11.5. The van der Waals surface area contributed by atoms with Gasteiger partial charge in [-0.1, -0.05) is 48.5 Å². The Labute approximate surface area is 119 Å². The van der Waals surface area contributed by atoms with Crippen LogP contribution in [0.3, 0.4) is 0 Å². The summed E-state index contributed by atoms with van der Waals surface area (Å²) in [5.74, 6) is 1.80. The van der Waals surface area contributed by atoms with Crippen LogP contribution in [0.1, 0.15) is 49.4 Å². The number of halogens is 1. The van der Waals surface area contributed by atoms with Crippen molar-refractivity contribution in [2.45, 2.75) is 43.9 Å². The number of rotatable bonds is 8. The van der Waals surface area contributed by atoms with Crippen molar-refractivity contribution < 1.29 is 9.47 Å². The molecule has 0 spiro atoms. The fourth-order valence-electron chi connectivity index (χ4n) is 1.99. The van der Waals surface area contributed by atoms with Crippen molar-refractivity contribution in [2.75, 3.05) is 14.2 Å². The van der Waals surface area contributed by atoms with Gasteiger partial charge in [0, 0.05) is 10.4 Å². The summed E-state index contributed by atoms with van der Waals surface area (Å²) in [6, 6.07) is 5.95. The maximum atomic E-state index is 5.41. The predicted octanol–water partition coefficient (Wildman–Crippen LogP) is 5.11. The van der Waals surface area contributed by atoms with Gasteiger partial charge in [-0.2, -0.15) is 0 Å². The van der Waals surface area contributed by atoms with Gasteiger partial charge in [-0.15, -0.1) is 0 Å². The molecule has 0 N–H and O–H groups in total. The molecule has 1 rings (SSSR count). The number of alkyl halides is 1. The lowest BCUT2D eigenvalue weighted by Crippen LogP contribution is -1.97. The quantitative estimate of drug-likeness (QED) is 0.490. The molecule has 0 bridgehead atoms. The fourth-order valence-corrected chi connectivity index (χ4v) is 2.67. The predicted molar refractivity (Wildman–Crippen MR) is 80.0 cm³/mol. The lowest BCUT2D eigenvalue weighted by atomic mass is 10.0. The summed E-state index contributed by atoms with van der Waals surface area (Å²) >= 11 is 3.76. The van der Waals surface area contributed by atoms with Gasteiger partial charge in [-0.25, -0.2) is 0 Å². The zero-order valence-corrected chi connectivity index (χ0v) is 13.1. The molecule has 18 heavy (non-hydrogen) atoms. The van der Waals surface area contributed by atoms with Crippen molar-refractivity contribution in [3.63, 3.8) is 0 Å². The van der Waals surface area contributed by atoms with E-state index in [0.717, 1.165) is 17.9 Å². The number of benzene rings is 1. The van der Waals surface area contributed by atoms with E-state index in [4.69, 9.17) is 9.47 Å². The molecule has 3 heteroatoms. The molecule has 0 radical (unpaired) electrons. The van der Waals surface area contributed by atoms with Crippen LogP contribution in [0.4, 0.5) is 0 Å². The smallest absolute Gasteiger partial charge is 0.123 e. The molecule has 102 valence electrons. The van der Waals surface area contributed by atoms with Crippen LogP contribution < -0.4 is 9.47 Å². The maximum absolute atomic E-state index is 5.41. The van der Waals surface area contributed by atoms with Crippen molar-refractivity contribution in [2.24, 2.45) is 0 Å². The van der Waals surface area contributed by atoms with E-state index in [9.17, 15) is 0 Å². The fraction of sp³-hybridized carbons (Fsp3) is 0.600. The summed E-state index contributed by atoms with van der Waals surface area (Å²) in [6.07, 6.45) is 6.25. The number of hydrogen-bond acceptors (Lipinski definition) is 2. The molecule has 1 aromatic carbocycles. The molecule has 0 aliphatic rings. The van der Waals surface area contributed by atoms with Crippen LogP contribution >= 0.6 is 15.9 Å². The normalized spacial score (nSPS) is 12.2. The summed E-state index contributed by atoms with van der Waals surface area (Å²) in [5, 5.41) is 0. The molecular formula is C15H23BrO2. The number of hydrogen-bond donors (Lipinski definition) is 0. The van der Waals surface area contributed by atoms with Crippen LogP contribution in [0.2, 0.25) is 0 Å². The van der Waals surface area contributed by atoms with Gasteiger partial charge in [-0.05, 0) is 24.6 Å². The monoisotopic (exact) mass is 314 g/mol. The number of methoxy groups -OCH3 is 2.